The van der Waals surface area contributed by atoms with Crippen LogP contribution in [0.5, 0.6) is 0 Å². The third kappa shape index (κ3) is 4.45. The van der Waals surface area contributed by atoms with Gasteiger partial charge < -0.3 is 21.1 Å². The normalized spacial score (nSPS) is 14.9. The number of anilines is 1. The third-order valence-corrected chi connectivity index (χ3v) is 3.70. The van der Waals surface area contributed by atoms with Crippen LogP contribution in [-0.4, -0.2) is 35.6 Å². The van der Waals surface area contributed by atoms with Gasteiger partial charge in [0, 0.05) is 23.8 Å². The van der Waals surface area contributed by atoms with E-state index in [9.17, 15) is 14.4 Å². The number of hydrogen-bond donors (Lipinski definition) is 4. The lowest BCUT2D eigenvalue weighted by molar-refractivity contribution is -0.143. The van der Waals surface area contributed by atoms with Crippen LogP contribution in [0.3, 0.4) is 0 Å². The van der Waals surface area contributed by atoms with Crippen molar-refractivity contribution < 1.29 is 19.5 Å². The molecule has 1 aromatic carbocycles. The second-order valence-electron chi connectivity index (χ2n) is 6.10. The number of rotatable bonds is 6. The summed E-state index contributed by atoms with van der Waals surface area (Å²) in [5.41, 5.74) is 0.0616. The molecule has 124 valence electrons. The van der Waals surface area contributed by atoms with Crippen molar-refractivity contribution in [1.82, 2.24) is 10.6 Å². The van der Waals surface area contributed by atoms with Crippen molar-refractivity contribution in [3.63, 3.8) is 0 Å². The van der Waals surface area contributed by atoms with Crippen molar-refractivity contribution in [3.8, 4) is 0 Å². The summed E-state index contributed by atoms with van der Waals surface area (Å²) in [7, 11) is 0. The standard InChI is InChI=1S/C16H21N3O4/c1-10(2)18-15(23)19-12-5-3-4-11(8-12)13(20)17-9-16(6-7-16)14(21)22/h3-5,8,10H,6-7,9H2,1-2H3,(H,17,20)(H,21,22)(H2,18,19,23). The molecule has 1 saturated carbocycles. The van der Waals surface area contributed by atoms with Crippen LogP contribution >= 0.6 is 0 Å². The molecule has 4 N–H and O–H groups in total. The number of benzene rings is 1. The van der Waals surface area contributed by atoms with Crippen LogP contribution in [0.4, 0.5) is 10.5 Å². The number of amides is 3. The molecule has 0 saturated heterocycles. The molecular weight excluding hydrogens is 298 g/mol. The Bertz CT molecular complexity index is 624. The first-order valence-corrected chi connectivity index (χ1v) is 7.51. The van der Waals surface area contributed by atoms with E-state index in [1.54, 1.807) is 24.3 Å². The highest BCUT2D eigenvalue weighted by Crippen LogP contribution is 2.45. The number of carbonyl (C=O) groups is 3. The number of nitrogens with one attached hydrogen (secondary N) is 3. The van der Waals surface area contributed by atoms with Crippen molar-refractivity contribution in [1.29, 1.82) is 0 Å². The quantitative estimate of drug-likeness (QED) is 0.641. The minimum atomic E-state index is -0.876. The molecule has 1 aliphatic rings. The van der Waals surface area contributed by atoms with Gasteiger partial charge in [-0.25, -0.2) is 4.79 Å². The van der Waals surface area contributed by atoms with Gasteiger partial charge in [-0.15, -0.1) is 0 Å². The van der Waals surface area contributed by atoms with E-state index in [4.69, 9.17) is 5.11 Å². The summed E-state index contributed by atoms with van der Waals surface area (Å²) in [6.07, 6.45) is 1.17. The van der Waals surface area contributed by atoms with Crippen LogP contribution in [-0.2, 0) is 4.79 Å². The first-order chi connectivity index (χ1) is 10.8. The molecule has 0 aromatic heterocycles. The maximum Gasteiger partial charge on any atom is 0.319 e. The van der Waals surface area contributed by atoms with Crippen LogP contribution in [0, 0.1) is 5.41 Å². The van der Waals surface area contributed by atoms with E-state index in [-0.39, 0.29) is 24.5 Å². The number of carboxylic acid groups (broad SMARTS) is 1. The third-order valence-electron chi connectivity index (χ3n) is 3.70. The zero-order chi connectivity index (χ0) is 17.0. The smallest absolute Gasteiger partial charge is 0.319 e. The van der Waals surface area contributed by atoms with E-state index in [2.05, 4.69) is 16.0 Å². The molecule has 0 aliphatic heterocycles. The molecule has 7 heteroatoms. The van der Waals surface area contributed by atoms with Gasteiger partial charge in [0.1, 0.15) is 0 Å². The molecular formula is C16H21N3O4. The highest BCUT2D eigenvalue weighted by molar-refractivity contribution is 5.97. The molecule has 7 nitrogen and oxygen atoms in total. The molecule has 23 heavy (non-hydrogen) atoms. The molecule has 0 bridgehead atoms. The second-order valence-corrected chi connectivity index (χ2v) is 6.10. The van der Waals surface area contributed by atoms with Gasteiger partial charge in [0.2, 0.25) is 0 Å². The van der Waals surface area contributed by atoms with Gasteiger partial charge in [-0.3, -0.25) is 9.59 Å². The van der Waals surface area contributed by atoms with E-state index >= 15 is 0 Å². The molecule has 0 unspecified atom stereocenters. The van der Waals surface area contributed by atoms with Crippen LogP contribution in [0.1, 0.15) is 37.0 Å². The molecule has 0 heterocycles. The van der Waals surface area contributed by atoms with E-state index < -0.39 is 11.4 Å². The minimum Gasteiger partial charge on any atom is -0.481 e. The van der Waals surface area contributed by atoms with Crippen molar-refractivity contribution in [3.05, 3.63) is 29.8 Å². The zero-order valence-corrected chi connectivity index (χ0v) is 13.2. The van der Waals surface area contributed by atoms with E-state index in [0.29, 0.717) is 24.1 Å². The predicted octanol–water partition coefficient (Wildman–Crippen LogP) is 1.81. The molecule has 0 spiro atoms. The van der Waals surface area contributed by atoms with E-state index in [0.717, 1.165) is 0 Å². The van der Waals surface area contributed by atoms with Crippen LogP contribution in [0.15, 0.2) is 24.3 Å². The van der Waals surface area contributed by atoms with Crippen molar-refractivity contribution in [2.45, 2.75) is 32.7 Å². The number of aliphatic carboxylic acids is 1. The summed E-state index contributed by atoms with van der Waals surface area (Å²) < 4.78 is 0. The van der Waals surface area contributed by atoms with Gasteiger partial charge in [-0.2, -0.15) is 0 Å². The van der Waals surface area contributed by atoms with Crippen molar-refractivity contribution in [2.75, 3.05) is 11.9 Å². The van der Waals surface area contributed by atoms with E-state index in [1.807, 2.05) is 13.8 Å². The summed E-state index contributed by atoms with van der Waals surface area (Å²) in [5, 5.41) is 17.1. The molecule has 3 amide bonds. The Morgan fingerprint density at radius 1 is 1.26 bits per heavy atom. The summed E-state index contributed by atoms with van der Waals surface area (Å²) in [4.78, 5) is 34.9. The van der Waals surface area contributed by atoms with Crippen LogP contribution in [0.2, 0.25) is 0 Å². The Hall–Kier alpha value is -2.57. The SMILES string of the molecule is CC(C)NC(=O)Nc1cccc(C(=O)NCC2(C(=O)O)CC2)c1. The Balaban J connectivity index is 1.95. The number of carbonyl (C=O) groups excluding carboxylic acids is 2. The zero-order valence-electron chi connectivity index (χ0n) is 13.2. The number of urea groups is 1. The highest BCUT2D eigenvalue weighted by atomic mass is 16.4. The summed E-state index contributed by atoms with van der Waals surface area (Å²) in [6, 6.07) is 6.16. The summed E-state index contributed by atoms with van der Waals surface area (Å²) in [6.45, 7) is 3.81. The van der Waals surface area contributed by atoms with Gasteiger partial charge in [0.25, 0.3) is 5.91 Å². The van der Waals surface area contributed by atoms with Gasteiger partial charge >= 0.3 is 12.0 Å². The first kappa shape index (κ1) is 16.8. The average molecular weight is 319 g/mol. The fourth-order valence-electron chi connectivity index (χ4n) is 2.14. The molecule has 0 radical (unpaired) electrons. The topological polar surface area (TPSA) is 108 Å². The van der Waals surface area contributed by atoms with Gasteiger partial charge in [-0.1, -0.05) is 6.07 Å². The Labute approximate surface area is 134 Å². The lowest BCUT2D eigenvalue weighted by Gasteiger charge is -2.13. The number of carboxylic acids is 1. The van der Waals surface area contributed by atoms with Gasteiger partial charge in [0.05, 0.1) is 5.41 Å². The van der Waals surface area contributed by atoms with Crippen LogP contribution in [0.25, 0.3) is 0 Å². The lowest BCUT2D eigenvalue weighted by atomic mass is 10.1. The predicted molar refractivity (Wildman–Crippen MR) is 85.4 cm³/mol. The lowest BCUT2D eigenvalue weighted by Crippen LogP contribution is -2.35. The summed E-state index contributed by atoms with van der Waals surface area (Å²) >= 11 is 0. The largest absolute Gasteiger partial charge is 0.481 e. The second kappa shape index (κ2) is 6.68. The monoisotopic (exact) mass is 319 g/mol. The number of hydrogen-bond acceptors (Lipinski definition) is 3. The average Bonchev–Trinajstić information content (AvgIpc) is 3.25. The maximum absolute atomic E-state index is 12.1. The Kier molecular flexibility index (Phi) is 4.88. The van der Waals surface area contributed by atoms with Crippen LogP contribution < -0.4 is 16.0 Å². The van der Waals surface area contributed by atoms with Crippen molar-refractivity contribution >= 4 is 23.6 Å². The Morgan fingerprint density at radius 3 is 2.52 bits per heavy atom. The van der Waals surface area contributed by atoms with Crippen molar-refractivity contribution in [2.24, 2.45) is 5.41 Å². The molecule has 1 fully saturated rings. The molecule has 0 atom stereocenters. The minimum absolute atomic E-state index is 0.00670. The van der Waals surface area contributed by atoms with E-state index in [1.165, 1.54) is 0 Å². The molecule has 2 rings (SSSR count). The first-order valence-electron chi connectivity index (χ1n) is 7.51. The fourth-order valence-corrected chi connectivity index (χ4v) is 2.14. The van der Waals surface area contributed by atoms with Gasteiger partial charge in [0.15, 0.2) is 0 Å². The van der Waals surface area contributed by atoms with Gasteiger partial charge in [-0.05, 0) is 44.9 Å². The molecule has 1 aromatic rings. The Morgan fingerprint density at radius 2 is 1.96 bits per heavy atom. The highest BCUT2D eigenvalue weighted by Gasteiger charge is 2.50. The fraction of sp³-hybridized carbons (Fsp3) is 0.438. The maximum atomic E-state index is 12.1. The summed E-state index contributed by atoms with van der Waals surface area (Å²) in [5.74, 6) is -1.23. The molecule has 1 aliphatic carbocycles.